The van der Waals surface area contributed by atoms with Crippen LogP contribution in [0.3, 0.4) is 0 Å². The summed E-state index contributed by atoms with van der Waals surface area (Å²) in [5.74, 6) is 0.906. The van der Waals surface area contributed by atoms with E-state index < -0.39 is 0 Å². The van der Waals surface area contributed by atoms with E-state index in [-0.39, 0.29) is 5.54 Å². The summed E-state index contributed by atoms with van der Waals surface area (Å²) in [6, 6.07) is 0.881. The van der Waals surface area contributed by atoms with Gasteiger partial charge < -0.3 is 15.8 Å². The third-order valence-electron chi connectivity index (χ3n) is 3.95. The minimum absolute atomic E-state index is 0.0268. The summed E-state index contributed by atoms with van der Waals surface area (Å²) in [5.41, 5.74) is 5.58. The van der Waals surface area contributed by atoms with Crippen LogP contribution in [0.2, 0.25) is 0 Å². The Bertz CT molecular complexity index is 279. The molecule has 3 atom stereocenters. The van der Waals surface area contributed by atoms with Gasteiger partial charge in [0.15, 0.2) is 0 Å². The third kappa shape index (κ3) is 1.13. The number of nitrogens with zero attached hydrogens (tertiary/aromatic N) is 1. The number of aliphatic imine (C=N–C) groups is 1. The second-order valence-corrected chi connectivity index (χ2v) is 4.78. The predicted molar refractivity (Wildman–Crippen MR) is 54.1 cm³/mol. The van der Waals surface area contributed by atoms with Crippen LogP contribution in [0.15, 0.2) is 4.99 Å². The number of rotatable bonds is 0. The number of amidine groups is 1. The van der Waals surface area contributed by atoms with Crippen molar-refractivity contribution in [1.29, 1.82) is 0 Å². The van der Waals surface area contributed by atoms with Crippen molar-refractivity contribution >= 4 is 6.02 Å². The average molecular weight is 195 g/mol. The highest BCUT2D eigenvalue weighted by molar-refractivity contribution is 5.74. The minimum Gasteiger partial charge on any atom is -0.463 e. The van der Waals surface area contributed by atoms with Crippen molar-refractivity contribution in [3.05, 3.63) is 0 Å². The molecule has 0 aromatic carbocycles. The predicted octanol–water partition coefficient (Wildman–Crippen LogP) is 0.232. The van der Waals surface area contributed by atoms with Gasteiger partial charge in [0.1, 0.15) is 12.1 Å². The van der Waals surface area contributed by atoms with Crippen LogP contribution in [-0.2, 0) is 4.74 Å². The van der Waals surface area contributed by atoms with Crippen molar-refractivity contribution in [2.24, 2.45) is 16.6 Å². The largest absolute Gasteiger partial charge is 0.463 e. The lowest BCUT2D eigenvalue weighted by Gasteiger charge is -2.44. The molecule has 3 rings (SSSR count). The number of nitrogens with one attached hydrogen (secondary N) is 1. The van der Waals surface area contributed by atoms with E-state index in [0.29, 0.717) is 18.7 Å². The highest BCUT2D eigenvalue weighted by atomic mass is 16.5. The van der Waals surface area contributed by atoms with Crippen molar-refractivity contribution in [3.8, 4) is 0 Å². The number of piperidine rings is 1. The van der Waals surface area contributed by atoms with E-state index in [0.717, 1.165) is 18.9 Å². The zero-order valence-corrected chi connectivity index (χ0v) is 8.33. The molecule has 4 heteroatoms. The lowest BCUT2D eigenvalue weighted by atomic mass is 9.70. The van der Waals surface area contributed by atoms with Crippen LogP contribution in [0.1, 0.15) is 25.7 Å². The van der Waals surface area contributed by atoms with Crippen LogP contribution in [0.5, 0.6) is 0 Å². The van der Waals surface area contributed by atoms with Gasteiger partial charge in [0.2, 0.25) is 0 Å². The number of hydrogen-bond donors (Lipinski definition) is 2. The second kappa shape index (κ2) is 2.86. The zero-order chi connectivity index (χ0) is 9.60. The van der Waals surface area contributed by atoms with Crippen LogP contribution >= 0.6 is 0 Å². The van der Waals surface area contributed by atoms with E-state index in [2.05, 4.69) is 10.3 Å². The summed E-state index contributed by atoms with van der Waals surface area (Å²) in [6.45, 7) is 1.82. The molecule has 0 radical (unpaired) electrons. The van der Waals surface area contributed by atoms with Crippen LogP contribution in [-0.4, -0.2) is 30.8 Å². The first-order valence-electron chi connectivity index (χ1n) is 5.50. The Kier molecular flexibility index (Phi) is 1.74. The lowest BCUT2D eigenvalue weighted by Crippen LogP contribution is -2.57. The molecule has 3 N–H and O–H groups in total. The molecule has 0 aromatic rings. The second-order valence-electron chi connectivity index (χ2n) is 4.78. The highest BCUT2D eigenvalue weighted by Gasteiger charge is 2.48. The third-order valence-corrected chi connectivity index (χ3v) is 3.95. The number of hydrogen-bond acceptors (Lipinski definition) is 4. The molecule has 1 saturated carbocycles. The topological polar surface area (TPSA) is 59.6 Å². The summed E-state index contributed by atoms with van der Waals surface area (Å²) in [4.78, 5) is 4.51. The van der Waals surface area contributed by atoms with Gasteiger partial charge in [-0.25, -0.2) is 4.99 Å². The fourth-order valence-electron chi connectivity index (χ4n) is 3.09. The van der Waals surface area contributed by atoms with Crippen molar-refractivity contribution in [2.45, 2.75) is 37.3 Å². The van der Waals surface area contributed by atoms with Crippen molar-refractivity contribution < 1.29 is 4.74 Å². The molecule has 3 aliphatic rings. The number of nitrogens with two attached hydrogens (primary N) is 1. The lowest BCUT2D eigenvalue weighted by molar-refractivity contribution is 0.105. The maximum atomic E-state index is 5.61. The van der Waals surface area contributed by atoms with Crippen molar-refractivity contribution in [3.63, 3.8) is 0 Å². The van der Waals surface area contributed by atoms with Crippen molar-refractivity contribution in [1.82, 2.24) is 5.32 Å². The van der Waals surface area contributed by atoms with E-state index in [1.165, 1.54) is 19.3 Å². The normalized spacial score (nSPS) is 46.1. The summed E-state index contributed by atoms with van der Waals surface area (Å²) >= 11 is 0. The molecule has 0 aromatic heterocycles. The van der Waals surface area contributed by atoms with Crippen LogP contribution < -0.4 is 11.1 Å². The average Bonchev–Trinajstić information content (AvgIpc) is 2.58. The van der Waals surface area contributed by atoms with Gasteiger partial charge in [-0.1, -0.05) is 0 Å². The van der Waals surface area contributed by atoms with Gasteiger partial charge in [0.05, 0.1) is 0 Å². The van der Waals surface area contributed by atoms with E-state index in [1.54, 1.807) is 0 Å². The standard InChI is InChI=1S/C10H17N3O/c11-9-13-10(6-14-9)3-1-7-2-4-12-8(10)5-7/h7-8,12H,1-6H2,(H2,11,13). The Morgan fingerprint density at radius 1 is 1.50 bits per heavy atom. The van der Waals surface area contributed by atoms with Gasteiger partial charge in [-0.05, 0) is 38.1 Å². The molecular weight excluding hydrogens is 178 g/mol. The smallest absolute Gasteiger partial charge is 0.282 e. The molecule has 4 nitrogen and oxygen atoms in total. The van der Waals surface area contributed by atoms with E-state index in [4.69, 9.17) is 10.5 Å². The molecule has 1 aliphatic carbocycles. The van der Waals surface area contributed by atoms with Gasteiger partial charge in [-0.2, -0.15) is 0 Å². The van der Waals surface area contributed by atoms with Crippen LogP contribution in [0, 0.1) is 5.92 Å². The fraction of sp³-hybridized carbons (Fsp3) is 0.900. The molecule has 1 saturated heterocycles. The molecule has 0 amide bonds. The molecule has 1 spiro atoms. The molecule has 78 valence electrons. The summed E-state index contributed by atoms with van der Waals surface area (Å²) in [5, 5.41) is 3.56. The van der Waals surface area contributed by atoms with E-state index in [9.17, 15) is 0 Å². The van der Waals surface area contributed by atoms with Gasteiger partial charge >= 0.3 is 0 Å². The molecule has 2 aliphatic heterocycles. The van der Waals surface area contributed by atoms with Gasteiger partial charge in [-0.3, -0.25) is 0 Å². The maximum absolute atomic E-state index is 5.61. The van der Waals surface area contributed by atoms with Gasteiger partial charge in [-0.15, -0.1) is 0 Å². The summed E-state index contributed by atoms with van der Waals surface area (Å²) < 4.78 is 5.33. The zero-order valence-electron chi connectivity index (χ0n) is 8.33. The summed E-state index contributed by atoms with van der Waals surface area (Å²) in [7, 11) is 0. The first kappa shape index (κ1) is 8.53. The quantitative estimate of drug-likeness (QED) is 0.582. The first-order chi connectivity index (χ1) is 6.78. The first-order valence-corrected chi connectivity index (χ1v) is 5.50. The maximum Gasteiger partial charge on any atom is 0.282 e. The Morgan fingerprint density at radius 2 is 2.43 bits per heavy atom. The van der Waals surface area contributed by atoms with E-state index in [1.807, 2.05) is 0 Å². The van der Waals surface area contributed by atoms with Gasteiger partial charge in [0, 0.05) is 6.04 Å². The molecule has 2 fully saturated rings. The SMILES string of the molecule is NC1=NC2(CCC3CCNC2C3)CO1. The van der Waals surface area contributed by atoms with Crippen molar-refractivity contribution in [2.75, 3.05) is 13.2 Å². The molecular formula is C10H17N3O. The Hall–Kier alpha value is -0.770. The molecule has 3 unspecified atom stereocenters. The van der Waals surface area contributed by atoms with Crippen LogP contribution in [0.4, 0.5) is 0 Å². The summed E-state index contributed by atoms with van der Waals surface area (Å²) in [6.07, 6.45) is 5.00. The Morgan fingerprint density at radius 3 is 3.21 bits per heavy atom. The molecule has 14 heavy (non-hydrogen) atoms. The fourth-order valence-corrected chi connectivity index (χ4v) is 3.09. The van der Waals surface area contributed by atoms with Crippen LogP contribution in [0.25, 0.3) is 0 Å². The van der Waals surface area contributed by atoms with E-state index >= 15 is 0 Å². The van der Waals surface area contributed by atoms with Gasteiger partial charge in [0.25, 0.3) is 6.02 Å². The molecule has 2 bridgehead atoms. The monoisotopic (exact) mass is 195 g/mol. The Labute approximate surface area is 83.9 Å². The number of ether oxygens (including phenoxy) is 1. The molecule has 2 heterocycles. The number of fused-ring (bicyclic) bond motifs is 3. The minimum atomic E-state index is -0.0268. The Balaban J connectivity index is 1.86. The highest BCUT2D eigenvalue weighted by Crippen LogP contribution is 2.40.